The van der Waals surface area contributed by atoms with Gasteiger partial charge in [0.15, 0.2) is 5.82 Å². The maximum atomic E-state index is 5.97. The van der Waals surface area contributed by atoms with Crippen LogP contribution in [0.4, 0.5) is 5.82 Å². The highest BCUT2D eigenvalue weighted by atomic mass is 16.5. The van der Waals surface area contributed by atoms with Crippen molar-refractivity contribution in [1.82, 2.24) is 20.1 Å². The topological polar surface area (TPSA) is 77.2 Å². The molecule has 1 unspecified atom stereocenters. The average molecular weight is 363 g/mol. The van der Waals surface area contributed by atoms with Gasteiger partial charge in [-0.15, -0.1) is 0 Å². The van der Waals surface area contributed by atoms with Gasteiger partial charge in [-0.3, -0.25) is 0 Å². The maximum Gasteiger partial charge on any atom is 0.223 e. The van der Waals surface area contributed by atoms with E-state index in [0.29, 0.717) is 12.5 Å². The Bertz CT molecular complexity index is 971. The minimum absolute atomic E-state index is 0.260. The number of aromatic nitrogens is 4. The molecule has 0 aliphatic carbocycles. The van der Waals surface area contributed by atoms with Gasteiger partial charge in [0, 0.05) is 37.9 Å². The van der Waals surface area contributed by atoms with Gasteiger partial charge < -0.3 is 14.2 Å². The van der Waals surface area contributed by atoms with Gasteiger partial charge in [-0.2, -0.15) is 4.98 Å². The number of ether oxygens (including phenoxy) is 1. The smallest absolute Gasteiger partial charge is 0.223 e. The van der Waals surface area contributed by atoms with Crippen LogP contribution in [0.25, 0.3) is 0 Å². The molecule has 0 saturated carbocycles. The van der Waals surface area contributed by atoms with E-state index in [4.69, 9.17) is 9.26 Å². The lowest BCUT2D eigenvalue weighted by Crippen LogP contribution is -2.36. The SMILES string of the molecule is Cc1nc(C2CCCN(c3ncnc4c3Cc3ccccc3OC4)C2)no1. The summed E-state index contributed by atoms with van der Waals surface area (Å²) < 4.78 is 11.2. The molecular weight excluding hydrogens is 342 g/mol. The largest absolute Gasteiger partial charge is 0.487 e. The Kier molecular flexibility index (Phi) is 3.99. The molecule has 0 radical (unpaired) electrons. The van der Waals surface area contributed by atoms with Crippen molar-refractivity contribution in [2.45, 2.75) is 38.7 Å². The second-order valence-corrected chi connectivity index (χ2v) is 7.15. The quantitative estimate of drug-likeness (QED) is 0.692. The molecule has 0 amide bonds. The van der Waals surface area contributed by atoms with E-state index in [-0.39, 0.29) is 5.92 Å². The van der Waals surface area contributed by atoms with Gasteiger partial charge in [0.05, 0.1) is 5.69 Å². The minimum atomic E-state index is 0.260. The molecule has 7 heteroatoms. The molecule has 0 N–H and O–H groups in total. The zero-order chi connectivity index (χ0) is 18.2. The summed E-state index contributed by atoms with van der Waals surface area (Å²) >= 11 is 0. The summed E-state index contributed by atoms with van der Waals surface area (Å²) in [4.78, 5) is 15.9. The second-order valence-electron chi connectivity index (χ2n) is 7.15. The average Bonchev–Trinajstić information content (AvgIpc) is 3.05. The minimum Gasteiger partial charge on any atom is -0.487 e. The van der Waals surface area contributed by atoms with Gasteiger partial charge in [0.2, 0.25) is 5.89 Å². The summed E-state index contributed by atoms with van der Waals surface area (Å²) in [6.45, 7) is 4.12. The van der Waals surface area contributed by atoms with Crippen LogP contribution in [0, 0.1) is 6.92 Å². The van der Waals surface area contributed by atoms with Crippen LogP contribution in [-0.2, 0) is 13.0 Å². The molecule has 0 spiro atoms. The number of anilines is 1. The van der Waals surface area contributed by atoms with Gasteiger partial charge in [-0.05, 0) is 24.5 Å². The summed E-state index contributed by atoms with van der Waals surface area (Å²) in [7, 11) is 0. The summed E-state index contributed by atoms with van der Waals surface area (Å²) in [5, 5.41) is 4.13. The van der Waals surface area contributed by atoms with Crippen LogP contribution < -0.4 is 9.64 Å². The fourth-order valence-electron chi connectivity index (χ4n) is 4.00. The van der Waals surface area contributed by atoms with E-state index in [1.165, 1.54) is 5.56 Å². The van der Waals surface area contributed by atoms with Gasteiger partial charge >= 0.3 is 0 Å². The predicted octanol–water partition coefficient (Wildman–Crippen LogP) is 3.04. The molecule has 1 atom stereocenters. The van der Waals surface area contributed by atoms with Crippen LogP contribution >= 0.6 is 0 Å². The number of fused-ring (bicyclic) bond motifs is 2. The Labute approximate surface area is 157 Å². The lowest BCUT2D eigenvalue weighted by Gasteiger charge is -2.33. The molecule has 138 valence electrons. The maximum absolute atomic E-state index is 5.97. The fourth-order valence-corrected chi connectivity index (χ4v) is 4.00. The molecule has 1 fully saturated rings. The van der Waals surface area contributed by atoms with Gasteiger partial charge in [-0.1, -0.05) is 23.4 Å². The summed E-state index contributed by atoms with van der Waals surface area (Å²) in [6, 6.07) is 8.18. The van der Waals surface area contributed by atoms with Gasteiger partial charge in [0.25, 0.3) is 0 Å². The number of benzene rings is 1. The van der Waals surface area contributed by atoms with E-state index in [1.807, 2.05) is 25.1 Å². The highest BCUT2D eigenvalue weighted by molar-refractivity contribution is 5.54. The highest BCUT2D eigenvalue weighted by Gasteiger charge is 2.29. The molecule has 27 heavy (non-hydrogen) atoms. The number of nitrogens with zero attached hydrogens (tertiary/aromatic N) is 5. The first-order chi connectivity index (χ1) is 13.3. The fraction of sp³-hybridized carbons (Fsp3) is 0.400. The van der Waals surface area contributed by atoms with Gasteiger partial charge in [-0.25, -0.2) is 9.97 Å². The number of aryl methyl sites for hydroxylation is 1. The Morgan fingerprint density at radius 3 is 3.00 bits per heavy atom. The third kappa shape index (κ3) is 3.03. The van der Waals surface area contributed by atoms with Gasteiger partial charge in [0.1, 0.15) is 24.5 Å². The second kappa shape index (κ2) is 6.64. The van der Waals surface area contributed by atoms with Crippen molar-refractivity contribution in [2.75, 3.05) is 18.0 Å². The van der Waals surface area contributed by atoms with Crippen molar-refractivity contribution in [3.63, 3.8) is 0 Å². The zero-order valence-electron chi connectivity index (χ0n) is 15.3. The summed E-state index contributed by atoms with van der Waals surface area (Å²) in [6.07, 6.45) is 4.57. The summed E-state index contributed by atoms with van der Waals surface area (Å²) in [5.74, 6) is 3.61. The predicted molar refractivity (Wildman–Crippen MR) is 98.8 cm³/mol. The zero-order valence-corrected chi connectivity index (χ0v) is 15.3. The molecule has 5 rings (SSSR count). The lowest BCUT2D eigenvalue weighted by molar-refractivity contribution is 0.302. The number of rotatable bonds is 2. The normalized spacial score (nSPS) is 19.0. The van der Waals surface area contributed by atoms with Crippen LogP contribution in [0.1, 0.15) is 47.3 Å². The molecule has 1 saturated heterocycles. The molecule has 2 aliphatic heterocycles. The third-order valence-electron chi connectivity index (χ3n) is 5.35. The van der Waals surface area contributed by atoms with E-state index in [2.05, 4.69) is 31.1 Å². The number of piperidine rings is 1. The third-order valence-corrected chi connectivity index (χ3v) is 5.35. The Morgan fingerprint density at radius 2 is 2.11 bits per heavy atom. The monoisotopic (exact) mass is 363 g/mol. The van der Waals surface area contributed by atoms with Crippen molar-refractivity contribution in [1.29, 1.82) is 0 Å². The molecule has 3 aromatic rings. The van der Waals surface area contributed by atoms with E-state index < -0.39 is 0 Å². The molecule has 0 bridgehead atoms. The van der Waals surface area contributed by atoms with Crippen LogP contribution in [-0.4, -0.2) is 33.2 Å². The van der Waals surface area contributed by atoms with Crippen molar-refractivity contribution in [3.05, 3.63) is 59.1 Å². The van der Waals surface area contributed by atoms with Crippen LogP contribution in [0.5, 0.6) is 5.75 Å². The Morgan fingerprint density at radius 1 is 1.19 bits per heavy atom. The van der Waals surface area contributed by atoms with E-state index in [1.54, 1.807) is 6.33 Å². The molecule has 2 aromatic heterocycles. The van der Waals surface area contributed by atoms with E-state index in [9.17, 15) is 0 Å². The number of hydrogen-bond acceptors (Lipinski definition) is 7. The Balaban J connectivity index is 1.48. The molecule has 1 aromatic carbocycles. The lowest BCUT2D eigenvalue weighted by atomic mass is 9.96. The first kappa shape index (κ1) is 16.2. The van der Waals surface area contributed by atoms with Crippen LogP contribution in [0.15, 0.2) is 35.1 Å². The van der Waals surface area contributed by atoms with E-state index >= 15 is 0 Å². The van der Waals surface area contributed by atoms with Crippen molar-refractivity contribution in [2.24, 2.45) is 0 Å². The van der Waals surface area contributed by atoms with Crippen molar-refractivity contribution >= 4 is 5.82 Å². The highest BCUT2D eigenvalue weighted by Crippen LogP contribution is 2.34. The van der Waals surface area contributed by atoms with E-state index in [0.717, 1.165) is 61.0 Å². The summed E-state index contributed by atoms with van der Waals surface area (Å²) in [5.41, 5.74) is 3.30. The standard InChI is InChI=1S/C20H21N5O2/c1-13-23-19(24-27-13)15-6-4-8-25(10-15)20-16-9-14-5-2-3-7-18(14)26-11-17(16)21-12-22-20/h2-3,5,7,12,15H,4,6,8-11H2,1H3. The van der Waals surface area contributed by atoms with Crippen molar-refractivity contribution in [3.8, 4) is 5.75 Å². The van der Waals surface area contributed by atoms with Crippen LogP contribution in [0.2, 0.25) is 0 Å². The molecule has 4 heterocycles. The molecular formula is C20H21N5O2. The molecule has 7 nitrogen and oxygen atoms in total. The first-order valence-electron chi connectivity index (χ1n) is 9.36. The molecule has 2 aliphatic rings. The Hall–Kier alpha value is -2.96. The van der Waals surface area contributed by atoms with Crippen molar-refractivity contribution < 1.29 is 9.26 Å². The van der Waals surface area contributed by atoms with Crippen LogP contribution in [0.3, 0.4) is 0 Å². The first-order valence-corrected chi connectivity index (χ1v) is 9.36. The number of para-hydroxylation sites is 1. The number of hydrogen-bond donors (Lipinski definition) is 0.